The van der Waals surface area contributed by atoms with Crippen molar-refractivity contribution in [1.29, 1.82) is 0 Å². The molecule has 2 aliphatic carbocycles. The summed E-state index contributed by atoms with van der Waals surface area (Å²) in [5.74, 6) is 1.69. The first-order valence-corrected chi connectivity index (χ1v) is 10.4. The van der Waals surface area contributed by atoms with Crippen molar-refractivity contribution in [2.75, 3.05) is 14.1 Å². The number of rotatable bonds is 10. The molecule has 0 saturated heterocycles. The maximum absolute atomic E-state index is 11.6. The maximum Gasteiger partial charge on any atom is 0.222 e. The molecule has 1 saturated carbocycles. The predicted molar refractivity (Wildman–Crippen MR) is 109 cm³/mol. The zero-order valence-electron chi connectivity index (χ0n) is 16.9. The number of allylic oxidation sites excluding steroid dienone is 5. The van der Waals surface area contributed by atoms with E-state index in [0.717, 1.165) is 51.4 Å². The van der Waals surface area contributed by atoms with Crippen molar-refractivity contribution in [3.8, 4) is 0 Å². The molecule has 26 heavy (non-hydrogen) atoms. The van der Waals surface area contributed by atoms with E-state index in [9.17, 15) is 9.90 Å². The molecule has 1 fully saturated rings. The highest BCUT2D eigenvalue weighted by Crippen LogP contribution is 2.48. The van der Waals surface area contributed by atoms with Gasteiger partial charge in [-0.15, -0.1) is 0 Å². The van der Waals surface area contributed by atoms with Crippen LogP contribution in [0.15, 0.2) is 36.0 Å². The van der Waals surface area contributed by atoms with Gasteiger partial charge in [-0.2, -0.15) is 0 Å². The molecule has 0 aromatic carbocycles. The smallest absolute Gasteiger partial charge is 0.222 e. The third-order valence-corrected chi connectivity index (χ3v) is 5.85. The largest absolute Gasteiger partial charge is 0.392 e. The summed E-state index contributed by atoms with van der Waals surface area (Å²) in [7, 11) is 3.64. The Balaban J connectivity index is 1.73. The first-order valence-electron chi connectivity index (χ1n) is 10.4. The first-order chi connectivity index (χ1) is 12.5. The Bertz CT molecular complexity index is 532. The van der Waals surface area contributed by atoms with Crippen LogP contribution in [0.5, 0.6) is 0 Å². The molecule has 3 nitrogen and oxygen atoms in total. The molecule has 1 N–H and O–H groups in total. The van der Waals surface area contributed by atoms with Gasteiger partial charge in [0.15, 0.2) is 0 Å². The summed E-state index contributed by atoms with van der Waals surface area (Å²) in [6.45, 7) is 2.16. The molecule has 0 radical (unpaired) electrons. The average molecular weight is 360 g/mol. The summed E-state index contributed by atoms with van der Waals surface area (Å²) >= 11 is 0. The van der Waals surface area contributed by atoms with Gasteiger partial charge in [0, 0.05) is 26.4 Å². The standard InChI is InChI=1S/C23H37NO2/c1-4-5-6-7-8-9-13-20-21-16-18(15-19(21)17-22(20)25)12-10-11-14-23(26)24(2)3/h5-6,9,13,15,19-22,25H,4,7-8,10-12,14,16-17H2,1-3H3/b6-5-,13-9+/t19-,20+,21-,22+/m0/s1. The number of nitrogens with zero attached hydrogens (tertiary/aromatic N) is 1. The highest BCUT2D eigenvalue weighted by Gasteiger charge is 2.42. The third-order valence-electron chi connectivity index (χ3n) is 5.85. The molecule has 3 heteroatoms. The van der Waals surface area contributed by atoms with Crippen LogP contribution in [0.4, 0.5) is 0 Å². The maximum atomic E-state index is 11.6. The highest BCUT2D eigenvalue weighted by molar-refractivity contribution is 5.75. The number of aliphatic hydroxyl groups is 1. The van der Waals surface area contributed by atoms with Crippen molar-refractivity contribution in [3.63, 3.8) is 0 Å². The lowest BCUT2D eigenvalue weighted by Gasteiger charge is -2.18. The molecule has 146 valence electrons. The van der Waals surface area contributed by atoms with Crippen molar-refractivity contribution in [3.05, 3.63) is 36.0 Å². The molecular formula is C23H37NO2. The van der Waals surface area contributed by atoms with Crippen molar-refractivity contribution in [2.24, 2.45) is 17.8 Å². The lowest BCUT2D eigenvalue weighted by atomic mass is 9.88. The number of aliphatic hydroxyl groups excluding tert-OH is 1. The van der Waals surface area contributed by atoms with Crippen LogP contribution in [0.2, 0.25) is 0 Å². The summed E-state index contributed by atoms with van der Waals surface area (Å²) in [6.07, 6.45) is 20.4. The van der Waals surface area contributed by atoms with Gasteiger partial charge in [0.25, 0.3) is 0 Å². The minimum atomic E-state index is -0.178. The zero-order valence-corrected chi connectivity index (χ0v) is 16.9. The van der Waals surface area contributed by atoms with Gasteiger partial charge >= 0.3 is 0 Å². The molecule has 2 aliphatic rings. The summed E-state index contributed by atoms with van der Waals surface area (Å²) in [6, 6.07) is 0. The molecule has 0 spiro atoms. The van der Waals surface area contributed by atoms with E-state index < -0.39 is 0 Å². The molecule has 0 aromatic heterocycles. The molecule has 0 aliphatic heterocycles. The van der Waals surface area contributed by atoms with E-state index in [4.69, 9.17) is 0 Å². The van der Waals surface area contributed by atoms with Crippen molar-refractivity contribution < 1.29 is 9.90 Å². The van der Waals surface area contributed by atoms with E-state index >= 15 is 0 Å². The molecule has 4 atom stereocenters. The van der Waals surface area contributed by atoms with Crippen LogP contribution in [0, 0.1) is 17.8 Å². The average Bonchev–Trinajstić information content (AvgIpc) is 3.11. The summed E-state index contributed by atoms with van der Waals surface area (Å²) in [5.41, 5.74) is 1.55. The monoisotopic (exact) mass is 359 g/mol. The fraction of sp³-hybridized carbons (Fsp3) is 0.696. The lowest BCUT2D eigenvalue weighted by Crippen LogP contribution is -2.21. The molecule has 0 aromatic rings. The molecule has 2 rings (SSSR count). The van der Waals surface area contributed by atoms with Crippen LogP contribution in [0.25, 0.3) is 0 Å². The number of amides is 1. The summed E-state index contributed by atoms with van der Waals surface area (Å²) in [4.78, 5) is 13.3. The second-order valence-electron chi connectivity index (χ2n) is 8.12. The van der Waals surface area contributed by atoms with Crippen LogP contribution in [-0.4, -0.2) is 36.1 Å². The van der Waals surface area contributed by atoms with E-state index in [0.29, 0.717) is 24.2 Å². The minimum Gasteiger partial charge on any atom is -0.392 e. The third kappa shape index (κ3) is 6.12. The fourth-order valence-corrected chi connectivity index (χ4v) is 4.37. The lowest BCUT2D eigenvalue weighted by molar-refractivity contribution is -0.128. The Morgan fingerprint density at radius 2 is 2.00 bits per heavy atom. The van der Waals surface area contributed by atoms with E-state index in [2.05, 4.69) is 37.3 Å². The van der Waals surface area contributed by atoms with E-state index in [1.54, 1.807) is 10.5 Å². The van der Waals surface area contributed by atoms with Gasteiger partial charge in [-0.25, -0.2) is 0 Å². The number of carbonyl (C=O) groups excluding carboxylic acids is 1. The summed E-state index contributed by atoms with van der Waals surface area (Å²) in [5, 5.41) is 10.4. The number of unbranched alkanes of at least 4 members (excludes halogenated alkanes) is 2. The quantitative estimate of drug-likeness (QED) is 0.446. The SMILES string of the molecule is CC/C=C\CC/C=C/[C@@H]1[C@H]2CC(CCCCC(=O)N(C)C)=C[C@H]2C[C@H]1O. The number of carbonyl (C=O) groups is 1. The van der Waals surface area contributed by atoms with Gasteiger partial charge in [-0.05, 0) is 63.2 Å². The van der Waals surface area contributed by atoms with Crippen molar-refractivity contribution in [2.45, 2.75) is 70.8 Å². The zero-order chi connectivity index (χ0) is 18.9. The van der Waals surface area contributed by atoms with Gasteiger partial charge < -0.3 is 10.0 Å². The Labute approximate surface area is 159 Å². The van der Waals surface area contributed by atoms with Crippen molar-refractivity contribution in [1.82, 2.24) is 4.90 Å². The van der Waals surface area contributed by atoms with Gasteiger partial charge in [0.2, 0.25) is 5.91 Å². The highest BCUT2D eigenvalue weighted by atomic mass is 16.3. The van der Waals surface area contributed by atoms with Gasteiger partial charge in [0.05, 0.1) is 6.10 Å². The molecular weight excluding hydrogens is 322 g/mol. The first kappa shape index (κ1) is 21.0. The second-order valence-corrected chi connectivity index (χ2v) is 8.12. The Kier molecular flexibility index (Phi) is 8.64. The molecule has 0 heterocycles. The normalized spacial score (nSPS) is 28.1. The second kappa shape index (κ2) is 10.7. The summed E-state index contributed by atoms with van der Waals surface area (Å²) < 4.78 is 0. The van der Waals surface area contributed by atoms with Crippen LogP contribution in [-0.2, 0) is 4.79 Å². The fourth-order valence-electron chi connectivity index (χ4n) is 4.37. The van der Waals surface area contributed by atoms with Crippen LogP contribution in [0.1, 0.15) is 64.7 Å². The van der Waals surface area contributed by atoms with Gasteiger partial charge in [-0.3, -0.25) is 4.79 Å². The topological polar surface area (TPSA) is 40.5 Å². The Morgan fingerprint density at radius 1 is 1.23 bits per heavy atom. The Hall–Kier alpha value is -1.35. The Morgan fingerprint density at radius 3 is 2.73 bits per heavy atom. The number of hydrogen-bond donors (Lipinski definition) is 1. The van der Waals surface area contributed by atoms with Crippen LogP contribution < -0.4 is 0 Å². The molecule has 1 amide bonds. The van der Waals surface area contributed by atoms with E-state index in [-0.39, 0.29) is 12.0 Å². The van der Waals surface area contributed by atoms with Gasteiger partial charge in [0.1, 0.15) is 0 Å². The van der Waals surface area contributed by atoms with Crippen LogP contribution >= 0.6 is 0 Å². The van der Waals surface area contributed by atoms with Gasteiger partial charge in [-0.1, -0.05) is 42.9 Å². The molecule has 0 unspecified atom stereocenters. The van der Waals surface area contributed by atoms with E-state index in [1.807, 2.05) is 14.1 Å². The number of fused-ring (bicyclic) bond motifs is 1. The van der Waals surface area contributed by atoms with Crippen molar-refractivity contribution >= 4 is 5.91 Å². The number of hydrogen-bond acceptors (Lipinski definition) is 2. The van der Waals surface area contributed by atoms with Crippen LogP contribution in [0.3, 0.4) is 0 Å². The minimum absolute atomic E-state index is 0.178. The molecule has 0 bridgehead atoms. The van der Waals surface area contributed by atoms with E-state index in [1.165, 1.54) is 0 Å². The predicted octanol–water partition coefficient (Wildman–Crippen LogP) is 4.88.